The summed E-state index contributed by atoms with van der Waals surface area (Å²) in [6.07, 6.45) is 0.0669. The minimum atomic E-state index is 0.0669. The molecule has 0 unspecified atom stereocenters. The second-order valence-corrected chi connectivity index (χ2v) is 5.69. The normalized spacial score (nSPS) is 21.9. The van der Waals surface area contributed by atoms with Crippen molar-refractivity contribution in [2.45, 2.75) is 12.0 Å². The highest BCUT2D eigenvalue weighted by Gasteiger charge is 2.41. The van der Waals surface area contributed by atoms with Gasteiger partial charge in [0.2, 0.25) is 0 Å². The molecule has 21 heavy (non-hydrogen) atoms. The highest BCUT2D eigenvalue weighted by molar-refractivity contribution is 5.88. The van der Waals surface area contributed by atoms with Crippen LogP contribution in [0.2, 0.25) is 0 Å². The van der Waals surface area contributed by atoms with E-state index in [4.69, 9.17) is 9.47 Å². The molecule has 0 aliphatic carbocycles. The van der Waals surface area contributed by atoms with Gasteiger partial charge in [0.15, 0.2) is 0 Å². The van der Waals surface area contributed by atoms with E-state index in [1.54, 1.807) is 0 Å². The Morgan fingerprint density at radius 3 is 2.67 bits per heavy atom. The van der Waals surface area contributed by atoms with E-state index in [0.717, 1.165) is 11.5 Å². The third kappa shape index (κ3) is 1.47. The molecule has 0 saturated heterocycles. The van der Waals surface area contributed by atoms with Crippen LogP contribution in [0.25, 0.3) is 10.8 Å². The Bertz CT molecular complexity index is 853. The molecule has 0 aromatic heterocycles. The zero-order chi connectivity index (χ0) is 13.8. The Morgan fingerprint density at radius 1 is 0.810 bits per heavy atom. The first-order valence-electron chi connectivity index (χ1n) is 7.32. The fraction of sp³-hybridized carbons (Fsp3) is 0.158. The quantitative estimate of drug-likeness (QED) is 0.603. The van der Waals surface area contributed by atoms with Gasteiger partial charge in [0.1, 0.15) is 17.6 Å². The van der Waals surface area contributed by atoms with Gasteiger partial charge in [-0.25, -0.2) is 0 Å². The Kier molecular flexibility index (Phi) is 2.14. The topological polar surface area (TPSA) is 18.5 Å². The van der Waals surface area contributed by atoms with Crippen LogP contribution in [0, 0.1) is 0 Å². The van der Waals surface area contributed by atoms with Gasteiger partial charge in [-0.2, -0.15) is 0 Å². The lowest BCUT2D eigenvalue weighted by Gasteiger charge is -2.29. The van der Waals surface area contributed by atoms with Gasteiger partial charge in [-0.05, 0) is 22.9 Å². The monoisotopic (exact) mass is 274 g/mol. The van der Waals surface area contributed by atoms with E-state index >= 15 is 0 Å². The molecule has 0 fully saturated rings. The summed E-state index contributed by atoms with van der Waals surface area (Å²) in [7, 11) is 0. The van der Waals surface area contributed by atoms with Crippen LogP contribution in [-0.2, 0) is 0 Å². The zero-order valence-electron chi connectivity index (χ0n) is 11.5. The lowest BCUT2D eigenvalue weighted by molar-refractivity contribution is 0.141. The molecular weight excluding hydrogens is 260 g/mol. The van der Waals surface area contributed by atoms with Gasteiger partial charge in [-0.15, -0.1) is 0 Å². The van der Waals surface area contributed by atoms with Crippen molar-refractivity contribution in [1.29, 1.82) is 0 Å². The Hall–Kier alpha value is -2.48. The molecule has 2 aliphatic heterocycles. The Labute approximate surface area is 122 Å². The zero-order valence-corrected chi connectivity index (χ0v) is 11.5. The van der Waals surface area contributed by atoms with E-state index in [1.165, 1.54) is 21.9 Å². The Morgan fingerprint density at radius 2 is 1.67 bits per heavy atom. The summed E-state index contributed by atoms with van der Waals surface area (Å²) in [5.41, 5.74) is 2.46. The van der Waals surface area contributed by atoms with Crippen LogP contribution >= 0.6 is 0 Å². The van der Waals surface area contributed by atoms with E-state index < -0.39 is 0 Å². The van der Waals surface area contributed by atoms with Gasteiger partial charge in [0.25, 0.3) is 0 Å². The van der Waals surface area contributed by atoms with E-state index in [2.05, 4.69) is 54.6 Å². The SMILES string of the molecule is c1ccc2c(c1)O[C@H]1c3c(ccc4ccccc34)OC[C@@H]21. The minimum absolute atomic E-state index is 0.0669. The molecule has 0 radical (unpaired) electrons. The lowest BCUT2D eigenvalue weighted by atomic mass is 9.87. The van der Waals surface area contributed by atoms with Gasteiger partial charge in [0, 0.05) is 11.1 Å². The van der Waals surface area contributed by atoms with Crippen LogP contribution in [0.3, 0.4) is 0 Å². The van der Waals surface area contributed by atoms with Crippen LogP contribution in [0.1, 0.15) is 23.1 Å². The van der Waals surface area contributed by atoms with Crippen molar-refractivity contribution >= 4 is 10.8 Å². The van der Waals surface area contributed by atoms with Crippen molar-refractivity contribution in [3.05, 3.63) is 71.8 Å². The van der Waals surface area contributed by atoms with Crippen LogP contribution in [0.15, 0.2) is 60.7 Å². The largest absolute Gasteiger partial charge is 0.492 e. The number of ether oxygens (including phenoxy) is 2. The van der Waals surface area contributed by atoms with Crippen molar-refractivity contribution in [3.63, 3.8) is 0 Å². The van der Waals surface area contributed by atoms with E-state index in [9.17, 15) is 0 Å². The maximum absolute atomic E-state index is 6.27. The van der Waals surface area contributed by atoms with Crippen molar-refractivity contribution in [2.75, 3.05) is 6.61 Å². The fourth-order valence-corrected chi connectivity index (χ4v) is 3.59. The number of rotatable bonds is 0. The molecule has 3 aromatic rings. The molecule has 0 saturated carbocycles. The molecule has 2 heteroatoms. The molecular formula is C19H14O2. The molecule has 0 amide bonds. The summed E-state index contributed by atoms with van der Waals surface area (Å²) in [5, 5.41) is 2.47. The molecule has 2 heterocycles. The number of hydrogen-bond acceptors (Lipinski definition) is 2. The van der Waals surface area contributed by atoms with E-state index in [0.29, 0.717) is 12.5 Å². The van der Waals surface area contributed by atoms with Gasteiger partial charge in [-0.1, -0.05) is 48.5 Å². The van der Waals surface area contributed by atoms with E-state index in [-0.39, 0.29) is 6.10 Å². The van der Waals surface area contributed by atoms with Crippen LogP contribution in [0.5, 0.6) is 11.5 Å². The summed E-state index contributed by atoms with van der Waals surface area (Å²) in [6, 6.07) is 20.9. The first-order chi connectivity index (χ1) is 10.4. The first kappa shape index (κ1) is 11.2. The average Bonchev–Trinajstić information content (AvgIpc) is 2.93. The number of fused-ring (bicyclic) bond motifs is 7. The predicted molar refractivity (Wildman–Crippen MR) is 82.0 cm³/mol. The van der Waals surface area contributed by atoms with Gasteiger partial charge in [-0.3, -0.25) is 0 Å². The van der Waals surface area contributed by atoms with Crippen molar-refractivity contribution < 1.29 is 9.47 Å². The van der Waals surface area contributed by atoms with Gasteiger partial charge in [0.05, 0.1) is 12.5 Å². The van der Waals surface area contributed by atoms with Gasteiger partial charge >= 0.3 is 0 Å². The van der Waals surface area contributed by atoms with Crippen molar-refractivity contribution in [3.8, 4) is 11.5 Å². The molecule has 0 N–H and O–H groups in total. The highest BCUT2D eigenvalue weighted by Crippen LogP contribution is 2.52. The lowest BCUT2D eigenvalue weighted by Crippen LogP contribution is -2.23. The molecule has 2 atom stereocenters. The molecule has 3 aromatic carbocycles. The van der Waals surface area contributed by atoms with Crippen LogP contribution in [-0.4, -0.2) is 6.61 Å². The summed E-state index contributed by atoms with van der Waals surface area (Å²) >= 11 is 0. The molecule has 5 rings (SSSR count). The molecule has 0 spiro atoms. The number of para-hydroxylation sites is 1. The second-order valence-electron chi connectivity index (χ2n) is 5.69. The summed E-state index contributed by atoms with van der Waals surface area (Å²) in [5.74, 6) is 2.25. The predicted octanol–water partition coefficient (Wildman–Crippen LogP) is 4.45. The smallest absolute Gasteiger partial charge is 0.138 e. The maximum Gasteiger partial charge on any atom is 0.138 e. The summed E-state index contributed by atoms with van der Waals surface area (Å²) in [4.78, 5) is 0. The van der Waals surface area contributed by atoms with Crippen molar-refractivity contribution in [2.24, 2.45) is 0 Å². The molecule has 0 bridgehead atoms. The maximum atomic E-state index is 6.27. The highest BCUT2D eigenvalue weighted by atomic mass is 16.5. The molecule has 102 valence electrons. The van der Waals surface area contributed by atoms with E-state index in [1.807, 2.05) is 6.07 Å². The van der Waals surface area contributed by atoms with Crippen LogP contribution in [0.4, 0.5) is 0 Å². The number of hydrogen-bond donors (Lipinski definition) is 0. The summed E-state index contributed by atoms with van der Waals surface area (Å²) < 4.78 is 12.3. The molecule has 2 nitrogen and oxygen atoms in total. The number of benzene rings is 3. The Balaban J connectivity index is 1.76. The average molecular weight is 274 g/mol. The third-order valence-electron chi connectivity index (χ3n) is 4.57. The van der Waals surface area contributed by atoms with Crippen LogP contribution < -0.4 is 9.47 Å². The minimum Gasteiger partial charge on any atom is -0.492 e. The first-order valence-corrected chi connectivity index (χ1v) is 7.32. The summed E-state index contributed by atoms with van der Waals surface area (Å²) in [6.45, 7) is 0.688. The second kappa shape index (κ2) is 4.01. The third-order valence-corrected chi connectivity index (χ3v) is 4.57. The van der Waals surface area contributed by atoms with Gasteiger partial charge < -0.3 is 9.47 Å². The fourth-order valence-electron chi connectivity index (χ4n) is 3.59. The van der Waals surface area contributed by atoms with Crippen molar-refractivity contribution in [1.82, 2.24) is 0 Å². The molecule has 2 aliphatic rings. The standard InChI is InChI=1S/C19H14O2/c1-2-6-13-12(5-1)9-10-17-18(13)19-15(11-20-17)14-7-3-4-8-16(14)21-19/h1-10,15,19H,11H2/t15-,19+/m0/s1.